The summed E-state index contributed by atoms with van der Waals surface area (Å²) in [5, 5.41) is 2.28. The zero-order chi connectivity index (χ0) is 33.8. The first-order valence-electron chi connectivity index (χ1n) is 17.6. The molecule has 0 saturated heterocycles. The molecule has 0 amide bonds. The number of hydrogen-bond donors (Lipinski definition) is 0. The number of rotatable bonds is 4. The fourth-order valence-electron chi connectivity index (χ4n) is 9.07. The van der Waals surface area contributed by atoms with Gasteiger partial charge in [-0.1, -0.05) is 137 Å². The van der Waals surface area contributed by atoms with Crippen molar-refractivity contribution in [1.82, 2.24) is 0 Å². The first-order chi connectivity index (χ1) is 24.3. The Morgan fingerprint density at radius 1 is 0.440 bits per heavy atom. The highest BCUT2D eigenvalue weighted by molar-refractivity contribution is 6.06. The summed E-state index contributed by atoms with van der Waals surface area (Å²) in [6.07, 6.45) is 0. The van der Waals surface area contributed by atoms with E-state index in [1.54, 1.807) is 0 Å². The molecule has 2 heteroatoms. The molecule has 1 heterocycles. The normalized spacial score (nSPS) is 14.7. The Hall–Kier alpha value is -5.86. The summed E-state index contributed by atoms with van der Waals surface area (Å²) >= 11 is 0. The molecule has 240 valence electrons. The molecule has 0 saturated carbocycles. The number of furan rings is 1. The molecule has 0 unspecified atom stereocenters. The van der Waals surface area contributed by atoms with E-state index in [2.05, 4.69) is 172 Å². The van der Waals surface area contributed by atoms with Crippen LogP contribution in [0.5, 0.6) is 0 Å². The predicted octanol–water partition coefficient (Wildman–Crippen LogP) is 13.3. The van der Waals surface area contributed by atoms with E-state index in [0.717, 1.165) is 27.6 Å². The second-order valence-corrected chi connectivity index (χ2v) is 14.9. The van der Waals surface area contributed by atoms with E-state index in [9.17, 15) is 0 Å². The molecule has 2 aliphatic rings. The highest BCUT2D eigenvalue weighted by Crippen LogP contribution is 2.58. The van der Waals surface area contributed by atoms with Gasteiger partial charge in [-0.2, -0.15) is 0 Å². The molecule has 0 spiro atoms. The van der Waals surface area contributed by atoms with Crippen LogP contribution in [-0.4, -0.2) is 0 Å². The van der Waals surface area contributed by atoms with E-state index in [1.165, 1.54) is 67.0 Å². The lowest BCUT2D eigenvalue weighted by Crippen LogP contribution is -2.21. The standard InChI is InChI=1S/C48H37NO/c1-47(2)39-21-9-6-18-36(39)45-40(47)22-13-23-41(45)49(42-24-12-19-35-33-16-5-8-20-38(33)48(3,4)46(35)42)32-15-11-14-30(28-32)31-26-27-44-37(29-31)34-17-7-10-25-43(34)50-44/h5-29H,1-4H3. The van der Waals surface area contributed by atoms with Crippen molar-refractivity contribution in [3.05, 3.63) is 174 Å². The van der Waals surface area contributed by atoms with Crippen molar-refractivity contribution < 1.29 is 4.42 Å². The van der Waals surface area contributed by atoms with Crippen LogP contribution in [0.1, 0.15) is 49.9 Å². The van der Waals surface area contributed by atoms with Gasteiger partial charge in [0.2, 0.25) is 0 Å². The summed E-state index contributed by atoms with van der Waals surface area (Å²) in [5.74, 6) is 0. The molecular formula is C48H37NO. The largest absolute Gasteiger partial charge is 0.456 e. The molecule has 8 aromatic rings. The van der Waals surface area contributed by atoms with Crippen LogP contribution in [0.2, 0.25) is 0 Å². The molecule has 1 aromatic heterocycles. The van der Waals surface area contributed by atoms with Crippen molar-refractivity contribution in [2.75, 3.05) is 4.90 Å². The molecule has 50 heavy (non-hydrogen) atoms. The van der Waals surface area contributed by atoms with Gasteiger partial charge in [-0.05, 0) is 92.5 Å². The summed E-state index contributed by atoms with van der Waals surface area (Å²) in [5.41, 5.74) is 18.2. The maximum absolute atomic E-state index is 6.19. The molecule has 0 bridgehead atoms. The van der Waals surface area contributed by atoms with Gasteiger partial charge in [0, 0.05) is 32.9 Å². The topological polar surface area (TPSA) is 16.4 Å². The molecule has 10 rings (SSSR count). The van der Waals surface area contributed by atoms with E-state index < -0.39 is 0 Å². The fourth-order valence-corrected chi connectivity index (χ4v) is 9.07. The predicted molar refractivity (Wildman–Crippen MR) is 209 cm³/mol. The van der Waals surface area contributed by atoms with Crippen LogP contribution in [0, 0.1) is 0 Å². The quantitative estimate of drug-likeness (QED) is 0.190. The van der Waals surface area contributed by atoms with Crippen molar-refractivity contribution >= 4 is 39.0 Å². The monoisotopic (exact) mass is 643 g/mol. The summed E-state index contributed by atoms with van der Waals surface area (Å²) in [4.78, 5) is 2.54. The Morgan fingerprint density at radius 2 is 1.06 bits per heavy atom. The van der Waals surface area contributed by atoms with E-state index in [0.29, 0.717) is 0 Å². The van der Waals surface area contributed by atoms with Crippen molar-refractivity contribution in [3.63, 3.8) is 0 Å². The second kappa shape index (κ2) is 10.3. The SMILES string of the molecule is CC1(C)c2ccccc2-c2c(N(c3cccc(-c4ccc5oc6ccccc6c5c4)c3)c3cccc4c3C(C)(C)c3ccccc3-4)cccc21. The van der Waals surface area contributed by atoms with Crippen molar-refractivity contribution in [3.8, 4) is 33.4 Å². The number of anilines is 3. The molecule has 7 aromatic carbocycles. The maximum atomic E-state index is 6.19. The zero-order valence-corrected chi connectivity index (χ0v) is 28.8. The van der Waals surface area contributed by atoms with Gasteiger partial charge in [-0.3, -0.25) is 0 Å². The van der Waals surface area contributed by atoms with Crippen LogP contribution in [0.3, 0.4) is 0 Å². The lowest BCUT2D eigenvalue weighted by Gasteiger charge is -2.34. The first kappa shape index (κ1) is 29.1. The maximum Gasteiger partial charge on any atom is 0.135 e. The fraction of sp³-hybridized carbons (Fsp3) is 0.125. The lowest BCUT2D eigenvalue weighted by molar-refractivity contribution is 0.659. The molecule has 0 aliphatic heterocycles. The van der Waals surface area contributed by atoms with Gasteiger partial charge in [0.05, 0.1) is 11.4 Å². The number of para-hydroxylation sites is 1. The minimum absolute atomic E-state index is 0.105. The van der Waals surface area contributed by atoms with Crippen LogP contribution in [-0.2, 0) is 10.8 Å². The van der Waals surface area contributed by atoms with Crippen LogP contribution < -0.4 is 4.90 Å². The van der Waals surface area contributed by atoms with Crippen molar-refractivity contribution in [1.29, 1.82) is 0 Å². The van der Waals surface area contributed by atoms with Crippen LogP contribution in [0.4, 0.5) is 17.1 Å². The summed E-state index contributed by atoms with van der Waals surface area (Å²) in [6.45, 7) is 9.49. The van der Waals surface area contributed by atoms with Gasteiger partial charge in [0.15, 0.2) is 0 Å². The third kappa shape index (κ3) is 3.96. The van der Waals surface area contributed by atoms with Gasteiger partial charge in [-0.15, -0.1) is 0 Å². The van der Waals surface area contributed by atoms with E-state index in [1.807, 2.05) is 12.1 Å². The molecule has 0 fully saturated rings. The van der Waals surface area contributed by atoms with E-state index in [-0.39, 0.29) is 10.8 Å². The summed E-state index contributed by atoms with van der Waals surface area (Å²) in [6, 6.07) is 55.6. The molecule has 2 nitrogen and oxygen atoms in total. The van der Waals surface area contributed by atoms with Crippen molar-refractivity contribution in [2.24, 2.45) is 0 Å². The molecule has 0 radical (unpaired) electrons. The van der Waals surface area contributed by atoms with Gasteiger partial charge < -0.3 is 9.32 Å². The summed E-state index contributed by atoms with van der Waals surface area (Å²) in [7, 11) is 0. The number of nitrogens with zero attached hydrogens (tertiary/aromatic N) is 1. The molecule has 0 N–H and O–H groups in total. The lowest BCUT2D eigenvalue weighted by atomic mass is 9.81. The van der Waals surface area contributed by atoms with Crippen LogP contribution in [0.25, 0.3) is 55.3 Å². The number of fused-ring (bicyclic) bond motifs is 9. The number of hydrogen-bond acceptors (Lipinski definition) is 2. The van der Waals surface area contributed by atoms with E-state index >= 15 is 0 Å². The van der Waals surface area contributed by atoms with Crippen molar-refractivity contribution in [2.45, 2.75) is 38.5 Å². The van der Waals surface area contributed by atoms with Crippen LogP contribution >= 0.6 is 0 Å². The van der Waals surface area contributed by atoms with Gasteiger partial charge >= 0.3 is 0 Å². The third-order valence-corrected chi connectivity index (χ3v) is 11.4. The second-order valence-electron chi connectivity index (χ2n) is 14.9. The Balaban J connectivity index is 1.24. The van der Waals surface area contributed by atoms with E-state index in [4.69, 9.17) is 4.42 Å². The zero-order valence-electron chi connectivity index (χ0n) is 28.8. The minimum Gasteiger partial charge on any atom is -0.456 e. The minimum atomic E-state index is -0.180. The Labute approximate surface area is 293 Å². The average Bonchev–Trinajstić information content (AvgIpc) is 3.72. The Morgan fingerprint density at radius 3 is 1.92 bits per heavy atom. The smallest absolute Gasteiger partial charge is 0.135 e. The first-order valence-corrected chi connectivity index (χ1v) is 17.6. The highest BCUT2D eigenvalue weighted by atomic mass is 16.3. The van der Waals surface area contributed by atoms with Crippen LogP contribution in [0.15, 0.2) is 156 Å². The molecular weight excluding hydrogens is 607 g/mol. The van der Waals surface area contributed by atoms with Gasteiger partial charge in [-0.25, -0.2) is 0 Å². The number of benzene rings is 7. The Kier molecular flexibility index (Phi) is 6.01. The Bertz CT molecular complexity index is 2670. The third-order valence-electron chi connectivity index (χ3n) is 11.4. The average molecular weight is 644 g/mol. The molecule has 2 aliphatic carbocycles. The van der Waals surface area contributed by atoms with Gasteiger partial charge in [0.1, 0.15) is 11.2 Å². The summed E-state index contributed by atoms with van der Waals surface area (Å²) < 4.78 is 6.19. The van der Waals surface area contributed by atoms with Gasteiger partial charge in [0.25, 0.3) is 0 Å². The molecule has 0 atom stereocenters. The highest BCUT2D eigenvalue weighted by Gasteiger charge is 2.41.